The predicted molar refractivity (Wildman–Crippen MR) is 94.1 cm³/mol. The lowest BCUT2D eigenvalue weighted by molar-refractivity contribution is 0.0950. The molecule has 6 heteroatoms. The van der Waals surface area contributed by atoms with Crippen LogP contribution in [0, 0.1) is 6.92 Å². The minimum absolute atomic E-state index is 0.120. The molecule has 0 atom stereocenters. The summed E-state index contributed by atoms with van der Waals surface area (Å²) in [6, 6.07) is 7.67. The number of hydrogen-bond acceptors (Lipinski definition) is 5. The number of carbonyl (C=O) groups excluding carboxylic acids is 1. The predicted octanol–water partition coefficient (Wildman–Crippen LogP) is 1.47. The van der Waals surface area contributed by atoms with Gasteiger partial charge in [0.05, 0.1) is 5.56 Å². The van der Waals surface area contributed by atoms with Gasteiger partial charge in [-0.15, -0.1) is 0 Å². The molecule has 24 heavy (non-hydrogen) atoms. The van der Waals surface area contributed by atoms with E-state index in [1.807, 2.05) is 31.3 Å². The maximum Gasteiger partial charge on any atom is 0.253 e. The van der Waals surface area contributed by atoms with Crippen molar-refractivity contribution in [1.29, 1.82) is 0 Å². The van der Waals surface area contributed by atoms with E-state index < -0.39 is 0 Å². The zero-order valence-electron chi connectivity index (χ0n) is 14.2. The molecule has 1 aliphatic rings. The van der Waals surface area contributed by atoms with Gasteiger partial charge in [-0.1, -0.05) is 6.07 Å². The highest BCUT2D eigenvalue weighted by Crippen LogP contribution is 2.13. The number of pyridine rings is 2. The zero-order valence-corrected chi connectivity index (χ0v) is 14.2. The Morgan fingerprint density at radius 1 is 1.08 bits per heavy atom. The van der Waals surface area contributed by atoms with Gasteiger partial charge in [0.15, 0.2) is 0 Å². The molecule has 126 valence electrons. The minimum Gasteiger partial charge on any atom is -0.354 e. The average molecular weight is 325 g/mol. The van der Waals surface area contributed by atoms with Gasteiger partial charge in [0.25, 0.3) is 5.91 Å². The summed E-state index contributed by atoms with van der Waals surface area (Å²) in [6.45, 7) is 6.48. The second-order valence-electron chi connectivity index (χ2n) is 6.19. The third-order valence-corrected chi connectivity index (χ3v) is 4.26. The summed E-state index contributed by atoms with van der Waals surface area (Å²) in [6.07, 6.45) is 3.43. The fourth-order valence-corrected chi connectivity index (χ4v) is 2.63. The van der Waals surface area contributed by atoms with E-state index in [1.165, 1.54) is 0 Å². The second kappa shape index (κ2) is 7.40. The summed E-state index contributed by atoms with van der Waals surface area (Å²) < 4.78 is 0. The lowest BCUT2D eigenvalue weighted by Crippen LogP contribution is -2.44. The Morgan fingerprint density at radius 2 is 1.88 bits per heavy atom. The van der Waals surface area contributed by atoms with E-state index in [0.717, 1.165) is 43.3 Å². The van der Waals surface area contributed by atoms with Gasteiger partial charge in [-0.05, 0) is 37.7 Å². The maximum atomic E-state index is 12.1. The summed E-state index contributed by atoms with van der Waals surface area (Å²) in [4.78, 5) is 25.4. The lowest BCUT2D eigenvalue weighted by atomic mass is 10.2. The molecule has 0 spiro atoms. The minimum atomic E-state index is -0.120. The summed E-state index contributed by atoms with van der Waals surface area (Å²) in [5.41, 5.74) is 2.46. The quantitative estimate of drug-likeness (QED) is 0.922. The highest BCUT2D eigenvalue weighted by molar-refractivity contribution is 5.93. The fourth-order valence-electron chi connectivity index (χ4n) is 2.63. The Morgan fingerprint density at radius 3 is 2.50 bits per heavy atom. The first-order valence-corrected chi connectivity index (χ1v) is 8.21. The van der Waals surface area contributed by atoms with E-state index in [0.29, 0.717) is 12.1 Å². The van der Waals surface area contributed by atoms with Crippen molar-refractivity contribution in [1.82, 2.24) is 20.2 Å². The Labute approximate surface area is 142 Å². The number of piperazine rings is 1. The van der Waals surface area contributed by atoms with Crippen molar-refractivity contribution in [2.75, 3.05) is 38.1 Å². The number of nitrogens with one attached hydrogen (secondary N) is 1. The van der Waals surface area contributed by atoms with Crippen LogP contribution in [0.3, 0.4) is 0 Å². The largest absolute Gasteiger partial charge is 0.354 e. The Bertz CT molecular complexity index is 676. The first kappa shape index (κ1) is 16.4. The monoisotopic (exact) mass is 325 g/mol. The van der Waals surface area contributed by atoms with Crippen molar-refractivity contribution in [2.45, 2.75) is 13.5 Å². The standard InChI is InChI=1S/C18H23N5O/c1-14-3-5-16(13-19-14)18(24)21-12-15-4-6-17(20-11-15)23-9-7-22(2)8-10-23/h3-6,11,13H,7-10,12H2,1-2H3,(H,21,24). The number of aryl methyl sites for hydroxylation is 1. The summed E-state index contributed by atoms with van der Waals surface area (Å²) in [5.74, 6) is 0.881. The normalized spacial score (nSPS) is 15.3. The highest BCUT2D eigenvalue weighted by atomic mass is 16.1. The van der Waals surface area contributed by atoms with Crippen molar-refractivity contribution in [3.05, 3.63) is 53.5 Å². The zero-order chi connectivity index (χ0) is 16.9. The molecule has 1 amide bonds. The van der Waals surface area contributed by atoms with Crippen LogP contribution in [0.25, 0.3) is 0 Å². The average Bonchev–Trinajstić information content (AvgIpc) is 2.61. The molecular formula is C18H23N5O. The fraction of sp³-hybridized carbons (Fsp3) is 0.389. The molecule has 1 aliphatic heterocycles. The first-order chi connectivity index (χ1) is 11.6. The molecule has 2 aromatic rings. The Balaban J connectivity index is 1.54. The van der Waals surface area contributed by atoms with Gasteiger partial charge < -0.3 is 15.1 Å². The molecule has 0 saturated carbocycles. The SMILES string of the molecule is Cc1ccc(C(=O)NCc2ccc(N3CCN(C)CC3)nc2)cn1. The first-order valence-electron chi connectivity index (χ1n) is 8.21. The number of rotatable bonds is 4. The molecule has 0 unspecified atom stereocenters. The van der Waals surface area contributed by atoms with E-state index in [9.17, 15) is 4.79 Å². The van der Waals surface area contributed by atoms with Gasteiger partial charge in [-0.25, -0.2) is 4.98 Å². The van der Waals surface area contributed by atoms with Crippen LogP contribution in [0.15, 0.2) is 36.7 Å². The van der Waals surface area contributed by atoms with Crippen LogP contribution in [0.1, 0.15) is 21.6 Å². The molecule has 0 bridgehead atoms. The third-order valence-electron chi connectivity index (χ3n) is 4.26. The molecule has 3 heterocycles. The number of carbonyl (C=O) groups is 1. The van der Waals surface area contributed by atoms with Crippen molar-refractivity contribution in [3.8, 4) is 0 Å². The summed E-state index contributed by atoms with van der Waals surface area (Å²) >= 11 is 0. The van der Waals surface area contributed by atoms with Gasteiger partial charge in [-0.2, -0.15) is 0 Å². The number of anilines is 1. The molecule has 3 rings (SSSR count). The van der Waals surface area contributed by atoms with Crippen LogP contribution < -0.4 is 10.2 Å². The van der Waals surface area contributed by atoms with Gasteiger partial charge in [0, 0.05) is 50.8 Å². The third kappa shape index (κ3) is 4.08. The highest BCUT2D eigenvalue weighted by Gasteiger charge is 2.15. The summed E-state index contributed by atoms with van der Waals surface area (Å²) in [7, 11) is 2.14. The molecule has 2 aromatic heterocycles. The molecule has 6 nitrogen and oxygen atoms in total. The topological polar surface area (TPSA) is 61.4 Å². The number of aromatic nitrogens is 2. The van der Waals surface area contributed by atoms with Crippen molar-refractivity contribution >= 4 is 11.7 Å². The number of hydrogen-bond donors (Lipinski definition) is 1. The summed E-state index contributed by atoms with van der Waals surface area (Å²) in [5, 5.41) is 2.90. The van der Waals surface area contributed by atoms with E-state index in [4.69, 9.17) is 0 Å². The Kier molecular flexibility index (Phi) is 5.05. The molecule has 1 fully saturated rings. The van der Waals surface area contributed by atoms with Crippen molar-refractivity contribution < 1.29 is 4.79 Å². The van der Waals surface area contributed by atoms with E-state index in [-0.39, 0.29) is 5.91 Å². The number of amides is 1. The van der Waals surface area contributed by atoms with Gasteiger partial charge in [0.2, 0.25) is 0 Å². The Hall–Kier alpha value is -2.47. The molecule has 1 N–H and O–H groups in total. The van der Waals surface area contributed by atoms with E-state index in [2.05, 4.69) is 32.1 Å². The number of likely N-dealkylation sites (N-methyl/N-ethyl adjacent to an activating group) is 1. The van der Waals surface area contributed by atoms with Crippen LogP contribution in [-0.2, 0) is 6.54 Å². The molecular weight excluding hydrogens is 302 g/mol. The van der Waals surface area contributed by atoms with E-state index in [1.54, 1.807) is 12.3 Å². The van der Waals surface area contributed by atoms with Gasteiger partial charge in [-0.3, -0.25) is 9.78 Å². The molecule has 1 saturated heterocycles. The van der Waals surface area contributed by atoms with Crippen LogP contribution in [0.4, 0.5) is 5.82 Å². The molecule has 0 aromatic carbocycles. The number of nitrogens with zero attached hydrogens (tertiary/aromatic N) is 4. The second-order valence-corrected chi connectivity index (χ2v) is 6.19. The van der Waals surface area contributed by atoms with Crippen LogP contribution >= 0.6 is 0 Å². The van der Waals surface area contributed by atoms with Gasteiger partial charge in [0.1, 0.15) is 5.82 Å². The van der Waals surface area contributed by atoms with Crippen molar-refractivity contribution in [3.63, 3.8) is 0 Å². The smallest absolute Gasteiger partial charge is 0.253 e. The molecule has 0 radical (unpaired) electrons. The van der Waals surface area contributed by atoms with Crippen molar-refractivity contribution in [2.24, 2.45) is 0 Å². The van der Waals surface area contributed by atoms with Crippen LogP contribution in [0.2, 0.25) is 0 Å². The van der Waals surface area contributed by atoms with Gasteiger partial charge >= 0.3 is 0 Å². The van der Waals surface area contributed by atoms with Crippen LogP contribution in [0.5, 0.6) is 0 Å². The lowest BCUT2D eigenvalue weighted by Gasteiger charge is -2.33. The maximum absolute atomic E-state index is 12.1. The van der Waals surface area contributed by atoms with Crippen LogP contribution in [-0.4, -0.2) is 54.0 Å². The molecule has 0 aliphatic carbocycles. The van der Waals surface area contributed by atoms with E-state index >= 15 is 0 Å².